The molecule has 3 nitrogen and oxygen atoms in total. The third kappa shape index (κ3) is 2.81. The Hall–Kier alpha value is -2.02. The molecule has 0 amide bonds. The van der Waals surface area contributed by atoms with Gasteiger partial charge in [0.2, 0.25) is 0 Å². The fraction of sp³-hybridized carbons (Fsp3) is 0.200. The van der Waals surface area contributed by atoms with Gasteiger partial charge in [0.15, 0.2) is 0 Å². The monoisotopic (exact) mass is 323 g/mol. The fourth-order valence-electron chi connectivity index (χ4n) is 2.13. The molecule has 3 rings (SSSR count). The molecule has 0 aliphatic heterocycles. The van der Waals surface area contributed by atoms with Gasteiger partial charge in [-0.3, -0.25) is 4.98 Å². The van der Waals surface area contributed by atoms with Crippen molar-refractivity contribution in [2.24, 2.45) is 0 Å². The molecule has 0 N–H and O–H groups in total. The molecule has 0 aliphatic carbocycles. The van der Waals surface area contributed by atoms with Crippen molar-refractivity contribution in [2.75, 3.05) is 5.75 Å². The highest BCUT2D eigenvalue weighted by Gasteiger charge is 2.30. The average molecular weight is 323 g/mol. The van der Waals surface area contributed by atoms with Gasteiger partial charge in [0.25, 0.3) is 0 Å². The van der Waals surface area contributed by atoms with E-state index in [1.807, 2.05) is 19.1 Å². The number of hydrogen-bond donors (Lipinski definition) is 0. The zero-order chi connectivity index (χ0) is 15.7. The number of pyridine rings is 2. The van der Waals surface area contributed by atoms with E-state index in [2.05, 4.69) is 9.97 Å². The molecule has 0 spiro atoms. The van der Waals surface area contributed by atoms with Gasteiger partial charge in [-0.15, -0.1) is 11.8 Å². The van der Waals surface area contributed by atoms with Gasteiger partial charge >= 0.3 is 6.18 Å². The summed E-state index contributed by atoms with van der Waals surface area (Å²) < 4.78 is 39.7. The lowest BCUT2D eigenvalue weighted by Gasteiger charge is -2.05. The summed E-state index contributed by atoms with van der Waals surface area (Å²) in [6.07, 6.45) is -0.0961. The average Bonchev–Trinajstić information content (AvgIpc) is 2.90. The molecule has 0 saturated carbocycles. The number of alkyl halides is 3. The molecule has 114 valence electrons. The second-order valence-electron chi connectivity index (χ2n) is 4.59. The number of aromatic nitrogens is 3. The van der Waals surface area contributed by atoms with E-state index in [0.717, 1.165) is 22.9 Å². The first kappa shape index (κ1) is 14.9. The van der Waals surface area contributed by atoms with Crippen molar-refractivity contribution in [3.8, 4) is 11.4 Å². The van der Waals surface area contributed by atoms with E-state index in [1.54, 1.807) is 24.2 Å². The third-order valence-corrected chi connectivity index (χ3v) is 4.02. The Morgan fingerprint density at radius 3 is 2.73 bits per heavy atom. The van der Waals surface area contributed by atoms with Crippen molar-refractivity contribution < 1.29 is 13.2 Å². The van der Waals surface area contributed by atoms with Crippen LogP contribution in [-0.2, 0) is 6.18 Å². The van der Waals surface area contributed by atoms with E-state index in [-0.39, 0.29) is 0 Å². The fourth-order valence-corrected chi connectivity index (χ4v) is 2.91. The van der Waals surface area contributed by atoms with Crippen LogP contribution in [0.4, 0.5) is 13.2 Å². The van der Waals surface area contributed by atoms with E-state index in [9.17, 15) is 13.2 Å². The number of rotatable bonds is 3. The largest absolute Gasteiger partial charge is 0.417 e. The molecule has 0 aromatic carbocycles. The minimum atomic E-state index is -4.37. The summed E-state index contributed by atoms with van der Waals surface area (Å²) in [6.45, 7) is 2.03. The number of thioether (sulfide) groups is 1. The summed E-state index contributed by atoms with van der Waals surface area (Å²) in [6, 6.07) is 6.16. The van der Waals surface area contributed by atoms with Crippen molar-refractivity contribution >= 4 is 17.4 Å². The van der Waals surface area contributed by atoms with E-state index >= 15 is 0 Å². The molecule has 0 aliphatic rings. The van der Waals surface area contributed by atoms with Gasteiger partial charge in [0.05, 0.1) is 5.56 Å². The summed E-state index contributed by atoms with van der Waals surface area (Å²) in [5, 5.41) is 0. The second kappa shape index (κ2) is 5.64. The third-order valence-electron chi connectivity index (χ3n) is 3.09. The lowest BCUT2D eigenvalue weighted by atomic mass is 10.3. The number of nitrogens with zero attached hydrogens (tertiary/aromatic N) is 3. The van der Waals surface area contributed by atoms with Gasteiger partial charge in [0.1, 0.15) is 17.0 Å². The van der Waals surface area contributed by atoms with Gasteiger partial charge in [0, 0.05) is 23.5 Å². The summed E-state index contributed by atoms with van der Waals surface area (Å²) in [7, 11) is 0. The van der Waals surface area contributed by atoms with Crippen LogP contribution in [0.5, 0.6) is 0 Å². The van der Waals surface area contributed by atoms with E-state index in [1.165, 1.54) is 10.5 Å². The maximum absolute atomic E-state index is 12.8. The summed E-state index contributed by atoms with van der Waals surface area (Å²) >= 11 is 1.62. The standard InChI is InChI=1S/C15H12F3N3S/c1-2-22-12-4-3-7-19-14(12)11-9-21-8-10(15(16,17)18)5-6-13(21)20-11/h3-9H,2H2,1H3. The highest BCUT2D eigenvalue weighted by Crippen LogP contribution is 2.31. The Morgan fingerprint density at radius 1 is 1.18 bits per heavy atom. The highest BCUT2D eigenvalue weighted by atomic mass is 32.2. The molecule has 0 bridgehead atoms. The van der Waals surface area contributed by atoms with Gasteiger partial charge in [-0.2, -0.15) is 13.2 Å². The maximum atomic E-state index is 12.8. The molecule has 0 radical (unpaired) electrons. The van der Waals surface area contributed by atoms with Gasteiger partial charge in [-0.05, 0) is 30.0 Å². The lowest BCUT2D eigenvalue weighted by Crippen LogP contribution is -2.05. The van der Waals surface area contributed by atoms with Crippen LogP contribution in [0.2, 0.25) is 0 Å². The Bertz CT molecular complexity index is 811. The molecular formula is C15H12F3N3S. The van der Waals surface area contributed by atoms with Crippen LogP contribution in [0.15, 0.2) is 47.8 Å². The van der Waals surface area contributed by atoms with Gasteiger partial charge in [-0.1, -0.05) is 6.92 Å². The van der Waals surface area contributed by atoms with Crippen molar-refractivity contribution in [2.45, 2.75) is 18.0 Å². The lowest BCUT2D eigenvalue weighted by molar-refractivity contribution is -0.137. The van der Waals surface area contributed by atoms with Crippen LogP contribution < -0.4 is 0 Å². The molecule has 0 fully saturated rings. The zero-order valence-electron chi connectivity index (χ0n) is 11.6. The van der Waals surface area contributed by atoms with Crippen molar-refractivity contribution in [3.63, 3.8) is 0 Å². The smallest absolute Gasteiger partial charge is 0.306 e. The second-order valence-corrected chi connectivity index (χ2v) is 5.90. The first-order valence-corrected chi connectivity index (χ1v) is 7.61. The molecule has 3 aromatic rings. The van der Waals surface area contributed by atoms with Crippen LogP contribution in [0, 0.1) is 0 Å². The molecular weight excluding hydrogens is 311 g/mol. The normalized spacial score (nSPS) is 12.0. The Morgan fingerprint density at radius 2 is 2.00 bits per heavy atom. The molecule has 0 saturated heterocycles. The van der Waals surface area contributed by atoms with E-state index in [4.69, 9.17) is 0 Å². The SMILES string of the molecule is CCSc1cccnc1-c1cn2cc(C(F)(F)F)ccc2n1. The highest BCUT2D eigenvalue weighted by molar-refractivity contribution is 7.99. The van der Waals surface area contributed by atoms with Crippen LogP contribution >= 0.6 is 11.8 Å². The van der Waals surface area contributed by atoms with Crippen LogP contribution in [0.3, 0.4) is 0 Å². The minimum Gasteiger partial charge on any atom is -0.306 e. The Kier molecular flexibility index (Phi) is 3.82. The predicted octanol–water partition coefficient (Wildman–Crippen LogP) is 4.53. The number of halogens is 3. The van der Waals surface area contributed by atoms with Gasteiger partial charge in [-0.25, -0.2) is 4.98 Å². The minimum absolute atomic E-state index is 0.459. The topological polar surface area (TPSA) is 30.2 Å². The Balaban J connectivity index is 2.09. The molecule has 0 unspecified atom stereocenters. The molecule has 22 heavy (non-hydrogen) atoms. The number of fused-ring (bicyclic) bond motifs is 1. The van der Waals surface area contributed by atoms with Crippen molar-refractivity contribution in [3.05, 3.63) is 48.4 Å². The summed E-state index contributed by atoms with van der Waals surface area (Å²) in [5.41, 5.74) is 1.01. The molecule has 3 heterocycles. The zero-order valence-corrected chi connectivity index (χ0v) is 12.4. The van der Waals surface area contributed by atoms with E-state index < -0.39 is 11.7 Å². The Labute approximate surface area is 129 Å². The van der Waals surface area contributed by atoms with Crippen LogP contribution in [0.1, 0.15) is 12.5 Å². The molecule has 0 atom stereocenters. The van der Waals surface area contributed by atoms with Crippen molar-refractivity contribution in [1.82, 2.24) is 14.4 Å². The molecule has 7 heteroatoms. The number of imidazole rings is 1. The van der Waals surface area contributed by atoms with Crippen molar-refractivity contribution in [1.29, 1.82) is 0 Å². The summed E-state index contributed by atoms with van der Waals surface area (Å²) in [4.78, 5) is 9.65. The predicted molar refractivity (Wildman–Crippen MR) is 79.8 cm³/mol. The quantitative estimate of drug-likeness (QED) is 0.664. The number of hydrogen-bond acceptors (Lipinski definition) is 3. The first-order valence-electron chi connectivity index (χ1n) is 6.63. The van der Waals surface area contributed by atoms with E-state index in [0.29, 0.717) is 17.0 Å². The first-order chi connectivity index (χ1) is 10.5. The summed E-state index contributed by atoms with van der Waals surface area (Å²) in [5.74, 6) is 0.879. The van der Waals surface area contributed by atoms with Gasteiger partial charge < -0.3 is 4.40 Å². The maximum Gasteiger partial charge on any atom is 0.417 e. The molecule has 3 aromatic heterocycles. The van der Waals surface area contributed by atoms with Crippen LogP contribution in [0.25, 0.3) is 17.0 Å². The van der Waals surface area contributed by atoms with Crippen LogP contribution in [-0.4, -0.2) is 20.1 Å².